The summed E-state index contributed by atoms with van der Waals surface area (Å²) in [4.78, 5) is 8.60. The SMILES string of the molecule is Cn1nccc1-c1cncc(CNS(=O)(=O)c2cccc3cccnc23)c1. The molecular formula is C19H17N5O2S. The van der Waals surface area contributed by atoms with E-state index in [0.29, 0.717) is 5.52 Å². The molecule has 0 bridgehead atoms. The molecule has 0 radical (unpaired) electrons. The topological polar surface area (TPSA) is 89.8 Å². The Labute approximate surface area is 156 Å². The molecule has 0 unspecified atom stereocenters. The van der Waals surface area contributed by atoms with Gasteiger partial charge in [0.05, 0.1) is 11.2 Å². The molecule has 7 nitrogen and oxygen atoms in total. The van der Waals surface area contributed by atoms with E-state index in [9.17, 15) is 8.42 Å². The fourth-order valence-corrected chi connectivity index (χ4v) is 4.13. The second-order valence-electron chi connectivity index (χ2n) is 6.08. The van der Waals surface area contributed by atoms with Crippen LogP contribution in [0.2, 0.25) is 0 Å². The largest absolute Gasteiger partial charge is 0.268 e. The summed E-state index contributed by atoms with van der Waals surface area (Å²) in [6, 6.07) is 12.5. The van der Waals surface area contributed by atoms with E-state index < -0.39 is 10.0 Å². The molecule has 8 heteroatoms. The van der Waals surface area contributed by atoms with Gasteiger partial charge in [0.1, 0.15) is 4.90 Å². The summed E-state index contributed by atoms with van der Waals surface area (Å²) in [5.41, 5.74) is 2.99. The monoisotopic (exact) mass is 379 g/mol. The fraction of sp³-hybridized carbons (Fsp3) is 0.105. The molecule has 1 aromatic carbocycles. The molecular weight excluding hydrogens is 362 g/mol. The van der Waals surface area contributed by atoms with E-state index >= 15 is 0 Å². The third kappa shape index (κ3) is 3.44. The number of hydrogen-bond donors (Lipinski definition) is 1. The Morgan fingerprint density at radius 1 is 1.07 bits per heavy atom. The molecule has 1 N–H and O–H groups in total. The zero-order chi connectivity index (χ0) is 18.9. The van der Waals surface area contributed by atoms with Crippen LogP contribution in [0.15, 0.2) is 72.1 Å². The second kappa shape index (κ2) is 6.90. The Hall–Kier alpha value is -3.10. The molecule has 0 aliphatic rings. The van der Waals surface area contributed by atoms with Crippen molar-refractivity contribution in [2.45, 2.75) is 11.4 Å². The first-order valence-electron chi connectivity index (χ1n) is 8.30. The second-order valence-corrected chi connectivity index (χ2v) is 7.81. The number of nitrogens with zero attached hydrogens (tertiary/aromatic N) is 4. The van der Waals surface area contributed by atoms with Crippen molar-refractivity contribution in [1.82, 2.24) is 24.5 Å². The van der Waals surface area contributed by atoms with E-state index in [1.165, 1.54) is 0 Å². The fourth-order valence-electron chi connectivity index (χ4n) is 2.93. The lowest BCUT2D eigenvalue weighted by Crippen LogP contribution is -2.23. The first kappa shape index (κ1) is 17.3. The van der Waals surface area contributed by atoms with E-state index in [-0.39, 0.29) is 11.4 Å². The number of rotatable bonds is 5. The first-order valence-corrected chi connectivity index (χ1v) is 9.79. The first-order chi connectivity index (χ1) is 13.0. The number of para-hydroxylation sites is 1. The van der Waals surface area contributed by atoms with Gasteiger partial charge in [-0.15, -0.1) is 0 Å². The minimum absolute atomic E-state index is 0.129. The summed E-state index contributed by atoms with van der Waals surface area (Å²) >= 11 is 0. The summed E-state index contributed by atoms with van der Waals surface area (Å²) in [7, 11) is -1.87. The molecule has 0 amide bonds. The molecule has 0 atom stereocenters. The molecule has 136 valence electrons. The number of benzene rings is 1. The van der Waals surface area contributed by atoms with Gasteiger partial charge in [0.15, 0.2) is 0 Å². The Kier molecular flexibility index (Phi) is 4.43. The highest BCUT2D eigenvalue weighted by molar-refractivity contribution is 7.89. The summed E-state index contributed by atoms with van der Waals surface area (Å²) in [6.07, 6.45) is 6.66. The third-order valence-electron chi connectivity index (χ3n) is 4.26. The van der Waals surface area contributed by atoms with Gasteiger partial charge in [-0.05, 0) is 29.8 Å². The molecule has 4 aromatic rings. The van der Waals surface area contributed by atoms with Gasteiger partial charge in [-0.25, -0.2) is 13.1 Å². The summed E-state index contributed by atoms with van der Waals surface area (Å²) in [5, 5.41) is 4.92. The van der Waals surface area contributed by atoms with Crippen LogP contribution in [0.3, 0.4) is 0 Å². The average Bonchev–Trinajstić information content (AvgIpc) is 3.12. The van der Waals surface area contributed by atoms with Crippen LogP contribution in [0, 0.1) is 0 Å². The number of fused-ring (bicyclic) bond motifs is 1. The zero-order valence-electron chi connectivity index (χ0n) is 14.6. The Balaban J connectivity index is 1.60. The quantitative estimate of drug-likeness (QED) is 0.575. The van der Waals surface area contributed by atoms with Gasteiger partial charge in [0.25, 0.3) is 0 Å². The maximum absolute atomic E-state index is 12.8. The maximum Gasteiger partial charge on any atom is 0.243 e. The van der Waals surface area contributed by atoms with Gasteiger partial charge in [-0.3, -0.25) is 14.6 Å². The van der Waals surface area contributed by atoms with Crippen LogP contribution in [0.1, 0.15) is 5.56 Å². The van der Waals surface area contributed by atoms with Gasteiger partial charge < -0.3 is 0 Å². The van der Waals surface area contributed by atoms with Gasteiger partial charge in [-0.2, -0.15) is 5.10 Å². The van der Waals surface area contributed by atoms with Crippen molar-refractivity contribution in [3.8, 4) is 11.3 Å². The third-order valence-corrected chi connectivity index (χ3v) is 5.70. The van der Waals surface area contributed by atoms with Crippen molar-refractivity contribution in [3.63, 3.8) is 0 Å². The standard InChI is InChI=1S/C19H17N5O2S/c1-24-17(7-9-22-24)16-10-14(11-20-13-16)12-23-27(25,26)18-6-2-4-15-5-3-8-21-19(15)18/h2-11,13,23H,12H2,1H3. The summed E-state index contributed by atoms with van der Waals surface area (Å²) < 4.78 is 30.0. The number of aromatic nitrogens is 4. The van der Waals surface area contributed by atoms with Crippen LogP contribution in [0.25, 0.3) is 22.2 Å². The summed E-state index contributed by atoms with van der Waals surface area (Å²) in [5.74, 6) is 0. The van der Waals surface area contributed by atoms with Crippen LogP contribution in [0.5, 0.6) is 0 Å². The van der Waals surface area contributed by atoms with Crippen molar-refractivity contribution in [3.05, 3.63) is 72.8 Å². The van der Waals surface area contributed by atoms with Crippen molar-refractivity contribution in [2.75, 3.05) is 0 Å². The predicted molar refractivity (Wildman–Crippen MR) is 102 cm³/mol. The van der Waals surface area contributed by atoms with Gasteiger partial charge in [0.2, 0.25) is 10.0 Å². The highest BCUT2D eigenvalue weighted by atomic mass is 32.2. The number of aryl methyl sites for hydroxylation is 1. The molecule has 0 fully saturated rings. The molecule has 27 heavy (non-hydrogen) atoms. The average molecular weight is 379 g/mol. The van der Waals surface area contributed by atoms with E-state index in [4.69, 9.17) is 0 Å². The highest BCUT2D eigenvalue weighted by Crippen LogP contribution is 2.21. The molecule has 0 spiro atoms. The van der Waals surface area contributed by atoms with Crippen molar-refractivity contribution < 1.29 is 8.42 Å². The molecule has 0 aliphatic heterocycles. The van der Waals surface area contributed by atoms with E-state index in [1.807, 2.05) is 31.3 Å². The van der Waals surface area contributed by atoms with Crippen molar-refractivity contribution in [1.29, 1.82) is 0 Å². The zero-order valence-corrected chi connectivity index (χ0v) is 15.4. The highest BCUT2D eigenvalue weighted by Gasteiger charge is 2.18. The number of hydrogen-bond acceptors (Lipinski definition) is 5. The molecule has 3 heterocycles. The number of sulfonamides is 1. The number of nitrogens with one attached hydrogen (secondary N) is 1. The van der Waals surface area contributed by atoms with Crippen LogP contribution < -0.4 is 4.72 Å². The minimum Gasteiger partial charge on any atom is -0.268 e. The minimum atomic E-state index is -3.72. The molecule has 0 saturated carbocycles. The number of pyridine rings is 2. The van der Waals surface area contributed by atoms with E-state index in [1.54, 1.807) is 47.7 Å². The smallest absolute Gasteiger partial charge is 0.243 e. The van der Waals surface area contributed by atoms with Gasteiger partial charge >= 0.3 is 0 Å². The van der Waals surface area contributed by atoms with E-state index in [0.717, 1.165) is 22.2 Å². The van der Waals surface area contributed by atoms with E-state index in [2.05, 4.69) is 19.8 Å². The lowest BCUT2D eigenvalue weighted by molar-refractivity contribution is 0.582. The lowest BCUT2D eigenvalue weighted by atomic mass is 10.1. The Bertz CT molecular complexity index is 1210. The van der Waals surface area contributed by atoms with Crippen molar-refractivity contribution in [2.24, 2.45) is 7.05 Å². The van der Waals surface area contributed by atoms with Crippen LogP contribution in [0.4, 0.5) is 0 Å². The Morgan fingerprint density at radius 3 is 2.74 bits per heavy atom. The molecule has 0 aliphatic carbocycles. The van der Waals surface area contributed by atoms with Gasteiger partial charge in [0, 0.05) is 49.3 Å². The van der Waals surface area contributed by atoms with Crippen LogP contribution >= 0.6 is 0 Å². The normalized spacial score (nSPS) is 11.7. The summed E-state index contributed by atoms with van der Waals surface area (Å²) in [6.45, 7) is 0.129. The Morgan fingerprint density at radius 2 is 1.93 bits per heavy atom. The molecule has 0 saturated heterocycles. The van der Waals surface area contributed by atoms with Crippen molar-refractivity contribution >= 4 is 20.9 Å². The molecule has 4 rings (SSSR count). The maximum atomic E-state index is 12.8. The lowest BCUT2D eigenvalue weighted by Gasteiger charge is -2.10. The van der Waals surface area contributed by atoms with Crippen LogP contribution in [-0.4, -0.2) is 28.2 Å². The van der Waals surface area contributed by atoms with Crippen LogP contribution in [-0.2, 0) is 23.6 Å². The predicted octanol–water partition coefficient (Wildman–Crippen LogP) is 2.51. The van der Waals surface area contributed by atoms with Gasteiger partial charge in [-0.1, -0.05) is 18.2 Å². The molecule has 3 aromatic heterocycles.